The van der Waals surface area contributed by atoms with Gasteiger partial charge in [0, 0.05) is 14.1 Å². The normalized spacial score (nSPS) is 9.95. The maximum absolute atomic E-state index is 12.3. The number of anilines is 3. The molecule has 20 heavy (non-hydrogen) atoms. The molecule has 0 fully saturated rings. The van der Waals surface area contributed by atoms with E-state index in [1.807, 2.05) is 49.3 Å². The molecule has 2 aromatic carbocycles. The van der Waals surface area contributed by atoms with Crippen molar-refractivity contribution in [3.63, 3.8) is 0 Å². The molecule has 0 aromatic heterocycles. The molecular weight excluding hydrogens is 252 g/mol. The molecule has 0 atom stereocenters. The highest BCUT2D eigenvalue weighted by atomic mass is 16.1. The summed E-state index contributed by atoms with van der Waals surface area (Å²) in [5, 5.41) is 2.91. The number of carbonyl (C=O) groups excluding carboxylic acids is 1. The van der Waals surface area contributed by atoms with E-state index >= 15 is 0 Å². The molecular formula is C15H18N4O. The van der Waals surface area contributed by atoms with E-state index in [1.54, 1.807) is 18.2 Å². The van der Waals surface area contributed by atoms with Gasteiger partial charge >= 0.3 is 0 Å². The first-order chi connectivity index (χ1) is 9.63. The first-order valence-corrected chi connectivity index (χ1v) is 6.27. The number of carbonyl (C=O) groups is 1. The summed E-state index contributed by atoms with van der Waals surface area (Å²) in [5.41, 5.74) is 5.32. The third-order valence-corrected chi connectivity index (χ3v) is 2.96. The Morgan fingerprint density at radius 2 is 1.60 bits per heavy atom. The van der Waals surface area contributed by atoms with Gasteiger partial charge in [-0.15, -0.1) is 0 Å². The van der Waals surface area contributed by atoms with Crippen LogP contribution in [0.4, 0.5) is 17.1 Å². The summed E-state index contributed by atoms with van der Waals surface area (Å²) in [7, 11) is 3.86. The molecule has 0 aliphatic carbocycles. The van der Waals surface area contributed by atoms with Gasteiger partial charge in [0.25, 0.3) is 5.91 Å². The molecule has 0 aliphatic heterocycles. The summed E-state index contributed by atoms with van der Waals surface area (Å²) in [4.78, 5) is 14.3. The lowest BCUT2D eigenvalue weighted by Gasteiger charge is -2.18. The fourth-order valence-electron chi connectivity index (χ4n) is 1.97. The zero-order chi connectivity index (χ0) is 14.5. The second-order valence-electron chi connectivity index (χ2n) is 4.56. The average molecular weight is 270 g/mol. The number of hydrogen-bond donors (Lipinski definition) is 3. The summed E-state index contributed by atoms with van der Waals surface area (Å²) >= 11 is 0. The van der Waals surface area contributed by atoms with Gasteiger partial charge in [-0.1, -0.05) is 24.3 Å². The number of rotatable bonds is 4. The zero-order valence-electron chi connectivity index (χ0n) is 11.6. The van der Waals surface area contributed by atoms with Crippen LogP contribution in [-0.4, -0.2) is 20.0 Å². The van der Waals surface area contributed by atoms with Crippen molar-refractivity contribution in [1.82, 2.24) is 0 Å². The number of nitrogens with zero attached hydrogens (tertiary/aromatic N) is 1. The third-order valence-electron chi connectivity index (χ3n) is 2.96. The van der Waals surface area contributed by atoms with Crippen molar-refractivity contribution in [3.8, 4) is 0 Å². The van der Waals surface area contributed by atoms with Crippen molar-refractivity contribution in [2.75, 3.05) is 29.7 Å². The van der Waals surface area contributed by atoms with Crippen LogP contribution in [0, 0.1) is 0 Å². The van der Waals surface area contributed by atoms with Crippen molar-refractivity contribution in [1.29, 1.82) is 0 Å². The van der Waals surface area contributed by atoms with Gasteiger partial charge in [0.1, 0.15) is 0 Å². The molecule has 0 radical (unpaired) electrons. The molecule has 0 spiro atoms. The van der Waals surface area contributed by atoms with Gasteiger partial charge in [-0.05, 0) is 24.3 Å². The molecule has 5 heteroatoms. The van der Waals surface area contributed by atoms with E-state index in [4.69, 9.17) is 5.84 Å². The molecule has 104 valence electrons. The van der Waals surface area contributed by atoms with Crippen LogP contribution in [0.2, 0.25) is 0 Å². The standard InChI is InChI=1S/C15H18N4O/c1-19(2)14-10-6-5-9-13(14)17-15(20)11-7-3-4-8-12(11)18-16/h3-10,18H,16H2,1-2H3,(H,17,20). The number of amides is 1. The smallest absolute Gasteiger partial charge is 0.257 e. The van der Waals surface area contributed by atoms with Gasteiger partial charge in [0.2, 0.25) is 0 Å². The van der Waals surface area contributed by atoms with E-state index in [9.17, 15) is 4.79 Å². The van der Waals surface area contributed by atoms with Crippen molar-refractivity contribution >= 4 is 23.0 Å². The van der Waals surface area contributed by atoms with Crippen molar-refractivity contribution in [2.45, 2.75) is 0 Å². The zero-order valence-corrected chi connectivity index (χ0v) is 11.6. The van der Waals surface area contributed by atoms with Crippen LogP contribution in [0.15, 0.2) is 48.5 Å². The van der Waals surface area contributed by atoms with E-state index in [2.05, 4.69) is 10.7 Å². The summed E-state index contributed by atoms with van der Waals surface area (Å²) in [6.45, 7) is 0. The Hall–Kier alpha value is -2.53. The highest BCUT2D eigenvalue weighted by Gasteiger charge is 2.12. The number of nitrogens with one attached hydrogen (secondary N) is 2. The second kappa shape index (κ2) is 6.08. The molecule has 0 aliphatic rings. The maximum Gasteiger partial charge on any atom is 0.257 e. The molecule has 0 saturated carbocycles. The SMILES string of the molecule is CN(C)c1ccccc1NC(=O)c1ccccc1NN. The maximum atomic E-state index is 12.3. The molecule has 1 amide bonds. The highest BCUT2D eigenvalue weighted by molar-refractivity contribution is 6.09. The topological polar surface area (TPSA) is 70.4 Å². The molecule has 0 unspecified atom stereocenters. The monoisotopic (exact) mass is 270 g/mol. The Balaban J connectivity index is 2.28. The summed E-state index contributed by atoms with van der Waals surface area (Å²) in [6, 6.07) is 14.7. The average Bonchev–Trinajstić information content (AvgIpc) is 2.47. The van der Waals surface area contributed by atoms with E-state index < -0.39 is 0 Å². The number of hydrogen-bond acceptors (Lipinski definition) is 4. The Morgan fingerprint density at radius 3 is 2.25 bits per heavy atom. The fraction of sp³-hybridized carbons (Fsp3) is 0.133. The van der Waals surface area contributed by atoms with Crippen LogP contribution in [0.5, 0.6) is 0 Å². The molecule has 2 aromatic rings. The van der Waals surface area contributed by atoms with Crippen molar-refractivity contribution < 1.29 is 4.79 Å². The van der Waals surface area contributed by atoms with Gasteiger partial charge in [0.15, 0.2) is 0 Å². The lowest BCUT2D eigenvalue weighted by Crippen LogP contribution is -2.19. The Labute approximate surface area is 118 Å². The van der Waals surface area contributed by atoms with Crippen LogP contribution in [0.3, 0.4) is 0 Å². The molecule has 5 nitrogen and oxygen atoms in total. The van der Waals surface area contributed by atoms with E-state index in [-0.39, 0.29) is 5.91 Å². The van der Waals surface area contributed by atoms with Crippen LogP contribution in [-0.2, 0) is 0 Å². The summed E-state index contributed by atoms with van der Waals surface area (Å²) in [6.07, 6.45) is 0. The van der Waals surface area contributed by atoms with Gasteiger partial charge in [-0.25, -0.2) is 0 Å². The number of benzene rings is 2. The summed E-state index contributed by atoms with van der Waals surface area (Å²) in [5.74, 6) is 5.22. The number of nitrogen functional groups attached to an aromatic ring is 1. The van der Waals surface area contributed by atoms with Crippen molar-refractivity contribution in [2.24, 2.45) is 5.84 Å². The van der Waals surface area contributed by atoms with Crippen LogP contribution < -0.4 is 21.5 Å². The van der Waals surface area contributed by atoms with Gasteiger partial charge in [0.05, 0.1) is 22.6 Å². The second-order valence-corrected chi connectivity index (χ2v) is 4.56. The minimum Gasteiger partial charge on any atom is -0.376 e. The minimum absolute atomic E-state index is 0.201. The Kier molecular flexibility index (Phi) is 4.22. The van der Waals surface area contributed by atoms with E-state index in [1.165, 1.54) is 0 Å². The summed E-state index contributed by atoms with van der Waals surface area (Å²) < 4.78 is 0. The molecule has 0 heterocycles. The molecule has 0 bridgehead atoms. The van der Waals surface area contributed by atoms with E-state index in [0.29, 0.717) is 11.3 Å². The van der Waals surface area contributed by atoms with Crippen LogP contribution in [0.1, 0.15) is 10.4 Å². The first-order valence-electron chi connectivity index (χ1n) is 6.27. The molecule has 0 saturated heterocycles. The quantitative estimate of drug-likeness (QED) is 0.589. The van der Waals surface area contributed by atoms with Crippen LogP contribution >= 0.6 is 0 Å². The predicted molar refractivity (Wildman–Crippen MR) is 83.0 cm³/mol. The van der Waals surface area contributed by atoms with Crippen molar-refractivity contribution in [3.05, 3.63) is 54.1 Å². The number of hydrazine groups is 1. The fourth-order valence-corrected chi connectivity index (χ4v) is 1.97. The van der Waals surface area contributed by atoms with Gasteiger partial charge in [-0.2, -0.15) is 0 Å². The Morgan fingerprint density at radius 1 is 1.00 bits per heavy atom. The minimum atomic E-state index is -0.201. The Bertz CT molecular complexity index is 610. The van der Waals surface area contributed by atoms with Gasteiger partial charge in [-0.3, -0.25) is 10.6 Å². The number of nitrogens with two attached hydrogens (primary N) is 1. The van der Waals surface area contributed by atoms with Gasteiger partial charge < -0.3 is 15.6 Å². The first kappa shape index (κ1) is 13.9. The largest absolute Gasteiger partial charge is 0.376 e. The highest BCUT2D eigenvalue weighted by Crippen LogP contribution is 2.25. The van der Waals surface area contributed by atoms with E-state index in [0.717, 1.165) is 11.4 Å². The number of para-hydroxylation sites is 3. The van der Waals surface area contributed by atoms with Crippen LogP contribution in [0.25, 0.3) is 0 Å². The predicted octanol–water partition coefficient (Wildman–Crippen LogP) is 2.29. The molecule has 4 N–H and O–H groups in total. The molecule has 2 rings (SSSR count). The lowest BCUT2D eigenvalue weighted by atomic mass is 10.1. The third kappa shape index (κ3) is 2.89. The lowest BCUT2D eigenvalue weighted by molar-refractivity contribution is 0.102.